The van der Waals surface area contributed by atoms with Crippen LogP contribution in [0.25, 0.3) is 0 Å². The molecule has 0 radical (unpaired) electrons. The summed E-state index contributed by atoms with van der Waals surface area (Å²) in [7, 11) is 0. The van der Waals surface area contributed by atoms with Gasteiger partial charge in [0, 0.05) is 17.1 Å². The molecular weight excluding hydrogens is 328 g/mol. The number of aromatic nitrogens is 1. The van der Waals surface area contributed by atoms with Crippen molar-refractivity contribution in [3.8, 4) is 0 Å². The summed E-state index contributed by atoms with van der Waals surface area (Å²) in [5, 5.41) is 3.85. The third kappa shape index (κ3) is 3.33. The average Bonchev–Trinajstić information content (AvgIpc) is 2.43. The number of halogens is 2. The first-order valence-electron chi connectivity index (χ1n) is 5.69. The molecule has 3 nitrogen and oxygen atoms in total. The van der Waals surface area contributed by atoms with Crippen LogP contribution in [0, 0.1) is 6.92 Å². The summed E-state index contributed by atoms with van der Waals surface area (Å²) in [6.07, 6.45) is 1.61. The first kappa shape index (κ1) is 14.0. The second kappa shape index (κ2) is 6.17. The fourth-order valence-corrected chi connectivity index (χ4v) is 2.23. The third-order valence-corrected chi connectivity index (χ3v) is 3.66. The monoisotopic (exact) mass is 338 g/mol. The normalized spacial score (nSPS) is 10.3. The van der Waals surface area contributed by atoms with Gasteiger partial charge in [0.1, 0.15) is 0 Å². The summed E-state index contributed by atoms with van der Waals surface area (Å²) in [4.78, 5) is 16.1. The van der Waals surface area contributed by atoms with Gasteiger partial charge in [-0.15, -0.1) is 0 Å². The molecule has 2 aromatic rings. The van der Waals surface area contributed by atoms with Crippen molar-refractivity contribution in [1.82, 2.24) is 4.98 Å². The SMILES string of the molecule is Cc1ccnc(Cl)c1NC(=O)c1ccc(CBr)cc1. The molecule has 1 aromatic heterocycles. The standard InChI is InChI=1S/C14H12BrClN2O/c1-9-6-7-17-13(16)12(9)18-14(19)11-4-2-10(8-15)3-5-11/h2-7H,8H2,1H3,(H,18,19). The zero-order chi connectivity index (χ0) is 13.8. The van der Waals surface area contributed by atoms with Crippen LogP contribution in [-0.2, 0) is 5.33 Å². The van der Waals surface area contributed by atoms with E-state index in [4.69, 9.17) is 11.6 Å². The van der Waals surface area contributed by atoms with Gasteiger partial charge in [0.05, 0.1) is 5.69 Å². The Bertz CT molecular complexity index is 579. The second-order valence-electron chi connectivity index (χ2n) is 4.08. The Labute approximate surface area is 125 Å². The molecule has 1 amide bonds. The van der Waals surface area contributed by atoms with Crippen LogP contribution in [-0.4, -0.2) is 10.9 Å². The molecule has 98 valence electrons. The minimum Gasteiger partial charge on any atom is -0.319 e. The molecule has 0 aliphatic rings. The highest BCUT2D eigenvalue weighted by molar-refractivity contribution is 9.08. The van der Waals surface area contributed by atoms with Crippen molar-refractivity contribution in [3.63, 3.8) is 0 Å². The Morgan fingerprint density at radius 1 is 1.32 bits per heavy atom. The van der Waals surface area contributed by atoms with Gasteiger partial charge in [-0.05, 0) is 36.2 Å². The summed E-state index contributed by atoms with van der Waals surface area (Å²) in [6.45, 7) is 1.87. The predicted octanol–water partition coefficient (Wildman–Crippen LogP) is 4.19. The molecule has 0 aliphatic carbocycles. The van der Waals surface area contributed by atoms with Gasteiger partial charge in [0.15, 0.2) is 5.15 Å². The topological polar surface area (TPSA) is 42.0 Å². The maximum atomic E-state index is 12.1. The number of carbonyl (C=O) groups excluding carboxylic acids is 1. The molecule has 0 atom stereocenters. The molecule has 0 spiro atoms. The van der Waals surface area contributed by atoms with E-state index in [0.29, 0.717) is 16.4 Å². The van der Waals surface area contributed by atoms with Crippen molar-refractivity contribution in [1.29, 1.82) is 0 Å². The molecule has 0 unspecified atom stereocenters. The number of aryl methyl sites for hydroxylation is 1. The number of hydrogen-bond donors (Lipinski definition) is 1. The molecular formula is C14H12BrClN2O. The lowest BCUT2D eigenvalue weighted by Gasteiger charge is -2.09. The summed E-state index contributed by atoms with van der Waals surface area (Å²) in [5.74, 6) is -0.195. The third-order valence-electron chi connectivity index (χ3n) is 2.72. The first-order chi connectivity index (χ1) is 9.11. The number of hydrogen-bond acceptors (Lipinski definition) is 2. The summed E-state index contributed by atoms with van der Waals surface area (Å²) in [6, 6.07) is 9.18. The van der Waals surface area contributed by atoms with Gasteiger partial charge in [-0.25, -0.2) is 4.98 Å². The van der Waals surface area contributed by atoms with Crippen LogP contribution < -0.4 is 5.32 Å². The molecule has 0 saturated heterocycles. The Kier molecular flexibility index (Phi) is 4.56. The highest BCUT2D eigenvalue weighted by Gasteiger charge is 2.11. The van der Waals surface area contributed by atoms with Gasteiger partial charge in [-0.1, -0.05) is 39.7 Å². The van der Waals surface area contributed by atoms with E-state index in [1.54, 1.807) is 24.4 Å². The van der Waals surface area contributed by atoms with E-state index in [1.165, 1.54) is 0 Å². The number of alkyl halides is 1. The van der Waals surface area contributed by atoms with E-state index >= 15 is 0 Å². The van der Waals surface area contributed by atoms with Crippen LogP contribution in [0.1, 0.15) is 21.5 Å². The van der Waals surface area contributed by atoms with Crippen LogP contribution in [0.2, 0.25) is 5.15 Å². The molecule has 0 saturated carbocycles. The van der Waals surface area contributed by atoms with Crippen molar-refractivity contribution >= 4 is 39.1 Å². The van der Waals surface area contributed by atoms with Crippen molar-refractivity contribution in [2.45, 2.75) is 12.3 Å². The summed E-state index contributed by atoms with van der Waals surface area (Å²) >= 11 is 9.34. The van der Waals surface area contributed by atoms with E-state index in [2.05, 4.69) is 26.2 Å². The summed E-state index contributed by atoms with van der Waals surface area (Å²) in [5.41, 5.74) is 3.14. The maximum absolute atomic E-state index is 12.1. The fourth-order valence-electron chi connectivity index (χ4n) is 1.61. The van der Waals surface area contributed by atoms with Crippen molar-refractivity contribution < 1.29 is 4.79 Å². The minimum absolute atomic E-state index is 0.195. The average molecular weight is 340 g/mol. The largest absolute Gasteiger partial charge is 0.319 e. The molecule has 1 N–H and O–H groups in total. The van der Waals surface area contributed by atoms with Gasteiger partial charge in [0.25, 0.3) is 5.91 Å². The van der Waals surface area contributed by atoms with Crippen LogP contribution >= 0.6 is 27.5 Å². The van der Waals surface area contributed by atoms with Crippen LogP contribution in [0.4, 0.5) is 5.69 Å². The maximum Gasteiger partial charge on any atom is 0.255 e. The Balaban J connectivity index is 2.20. The van der Waals surface area contributed by atoms with Gasteiger partial charge >= 0.3 is 0 Å². The Hall–Kier alpha value is -1.39. The Morgan fingerprint density at radius 2 is 2.00 bits per heavy atom. The van der Waals surface area contributed by atoms with E-state index in [-0.39, 0.29) is 5.91 Å². The number of rotatable bonds is 3. The van der Waals surface area contributed by atoms with Crippen molar-refractivity contribution in [2.24, 2.45) is 0 Å². The van der Waals surface area contributed by atoms with Gasteiger partial charge < -0.3 is 5.32 Å². The number of benzene rings is 1. The van der Waals surface area contributed by atoms with Crippen molar-refractivity contribution in [2.75, 3.05) is 5.32 Å². The lowest BCUT2D eigenvalue weighted by Crippen LogP contribution is -2.13. The van der Waals surface area contributed by atoms with E-state index in [1.807, 2.05) is 19.1 Å². The van der Waals surface area contributed by atoms with Crippen LogP contribution in [0.15, 0.2) is 36.5 Å². The lowest BCUT2D eigenvalue weighted by atomic mass is 10.1. The lowest BCUT2D eigenvalue weighted by molar-refractivity contribution is 0.102. The highest BCUT2D eigenvalue weighted by atomic mass is 79.9. The number of nitrogens with one attached hydrogen (secondary N) is 1. The molecule has 1 heterocycles. The number of nitrogens with zero attached hydrogens (tertiary/aromatic N) is 1. The molecule has 1 aromatic carbocycles. The van der Waals surface area contributed by atoms with Crippen LogP contribution in [0.3, 0.4) is 0 Å². The molecule has 19 heavy (non-hydrogen) atoms. The van der Waals surface area contributed by atoms with E-state index < -0.39 is 0 Å². The molecule has 2 rings (SSSR count). The highest BCUT2D eigenvalue weighted by Crippen LogP contribution is 2.23. The minimum atomic E-state index is -0.195. The number of amides is 1. The van der Waals surface area contributed by atoms with Crippen LogP contribution in [0.5, 0.6) is 0 Å². The van der Waals surface area contributed by atoms with Crippen molar-refractivity contribution in [3.05, 3.63) is 58.4 Å². The molecule has 5 heteroatoms. The fraction of sp³-hybridized carbons (Fsp3) is 0.143. The van der Waals surface area contributed by atoms with Gasteiger partial charge in [-0.3, -0.25) is 4.79 Å². The Morgan fingerprint density at radius 3 is 2.58 bits per heavy atom. The molecule has 0 aliphatic heterocycles. The smallest absolute Gasteiger partial charge is 0.255 e. The molecule has 0 bridgehead atoms. The quantitative estimate of drug-likeness (QED) is 0.673. The van der Waals surface area contributed by atoms with Gasteiger partial charge in [-0.2, -0.15) is 0 Å². The number of anilines is 1. The number of carbonyl (C=O) groups is 1. The van der Waals surface area contributed by atoms with E-state index in [0.717, 1.165) is 16.5 Å². The first-order valence-corrected chi connectivity index (χ1v) is 7.19. The van der Waals surface area contributed by atoms with E-state index in [9.17, 15) is 4.79 Å². The predicted molar refractivity (Wildman–Crippen MR) is 81.0 cm³/mol. The zero-order valence-electron chi connectivity index (χ0n) is 10.3. The zero-order valence-corrected chi connectivity index (χ0v) is 12.6. The second-order valence-corrected chi connectivity index (χ2v) is 5.00. The molecule has 0 fully saturated rings. The number of pyridine rings is 1. The van der Waals surface area contributed by atoms with Gasteiger partial charge in [0.2, 0.25) is 0 Å². The summed E-state index contributed by atoms with van der Waals surface area (Å²) < 4.78 is 0.